The molecule has 3 rings (SSSR count). The molecule has 0 saturated heterocycles. The predicted molar refractivity (Wildman–Crippen MR) is 81.1 cm³/mol. The minimum absolute atomic E-state index is 0.574. The van der Waals surface area contributed by atoms with Gasteiger partial charge in [-0.25, -0.2) is 4.98 Å². The Labute approximate surface area is 124 Å². The predicted octanol–water partition coefficient (Wildman–Crippen LogP) is 3.24. The van der Waals surface area contributed by atoms with E-state index in [-0.39, 0.29) is 0 Å². The number of H-pyrrole nitrogens is 1. The highest BCUT2D eigenvalue weighted by Crippen LogP contribution is 2.22. The molecule has 0 spiro atoms. The van der Waals surface area contributed by atoms with Gasteiger partial charge in [-0.1, -0.05) is 30.3 Å². The molecule has 0 aliphatic rings. The van der Waals surface area contributed by atoms with Crippen molar-refractivity contribution in [2.75, 3.05) is 5.32 Å². The van der Waals surface area contributed by atoms with Crippen LogP contribution in [0.1, 0.15) is 5.69 Å². The number of nitrogens with one attached hydrogen (secondary N) is 2. The van der Waals surface area contributed by atoms with Crippen molar-refractivity contribution >= 4 is 21.6 Å². The highest BCUT2D eigenvalue weighted by molar-refractivity contribution is 9.10. The third kappa shape index (κ3) is 2.70. The Morgan fingerprint density at radius 2 is 1.90 bits per heavy atom. The van der Waals surface area contributed by atoms with Gasteiger partial charge in [-0.05, 0) is 28.1 Å². The van der Waals surface area contributed by atoms with E-state index >= 15 is 0 Å². The number of hydrogen-bond donors (Lipinski definition) is 2. The molecule has 1 aromatic carbocycles. The van der Waals surface area contributed by atoms with Gasteiger partial charge in [-0.2, -0.15) is 15.4 Å². The normalized spacial score (nSPS) is 10.4. The molecule has 0 radical (unpaired) electrons. The average Bonchev–Trinajstić information content (AvgIpc) is 2.96. The van der Waals surface area contributed by atoms with Gasteiger partial charge in [0.2, 0.25) is 0 Å². The van der Waals surface area contributed by atoms with Crippen molar-refractivity contribution in [1.29, 1.82) is 0 Å². The van der Waals surface area contributed by atoms with Crippen LogP contribution in [-0.2, 0) is 6.54 Å². The van der Waals surface area contributed by atoms with Crippen LogP contribution in [-0.4, -0.2) is 20.4 Å². The fourth-order valence-electron chi connectivity index (χ4n) is 1.90. The summed E-state index contributed by atoms with van der Waals surface area (Å²) in [6, 6.07) is 13.8. The summed E-state index contributed by atoms with van der Waals surface area (Å²) in [4.78, 5) is 4.17. The molecule has 6 heteroatoms. The molecule has 3 aromatic rings. The Morgan fingerprint density at radius 3 is 2.70 bits per heavy atom. The van der Waals surface area contributed by atoms with Crippen molar-refractivity contribution in [3.8, 4) is 11.3 Å². The second-order valence-corrected chi connectivity index (χ2v) is 4.93. The number of aromatic nitrogens is 4. The van der Waals surface area contributed by atoms with Crippen LogP contribution in [0.4, 0.5) is 5.69 Å². The summed E-state index contributed by atoms with van der Waals surface area (Å²) in [5.74, 6) is 0. The van der Waals surface area contributed by atoms with Crippen LogP contribution >= 0.6 is 15.9 Å². The molecular weight excluding hydrogens is 318 g/mol. The number of nitrogens with zero attached hydrogens (tertiary/aromatic N) is 3. The summed E-state index contributed by atoms with van der Waals surface area (Å²) in [5.41, 5.74) is 3.70. The number of anilines is 1. The van der Waals surface area contributed by atoms with Crippen LogP contribution in [0.5, 0.6) is 0 Å². The van der Waals surface area contributed by atoms with Crippen molar-refractivity contribution < 1.29 is 0 Å². The minimum atomic E-state index is 0.574. The monoisotopic (exact) mass is 329 g/mol. The second kappa shape index (κ2) is 5.83. The highest BCUT2D eigenvalue weighted by Gasteiger charge is 2.10. The lowest BCUT2D eigenvalue weighted by atomic mass is 10.1. The molecule has 2 aromatic heterocycles. The third-order valence-electron chi connectivity index (χ3n) is 2.87. The van der Waals surface area contributed by atoms with E-state index < -0.39 is 0 Å². The number of hydrogen-bond acceptors (Lipinski definition) is 4. The van der Waals surface area contributed by atoms with Crippen LogP contribution in [0.3, 0.4) is 0 Å². The zero-order valence-corrected chi connectivity index (χ0v) is 12.1. The zero-order chi connectivity index (χ0) is 13.8. The molecule has 0 aliphatic carbocycles. The molecule has 0 unspecified atom stereocenters. The van der Waals surface area contributed by atoms with E-state index in [0.717, 1.165) is 27.2 Å². The van der Waals surface area contributed by atoms with Crippen molar-refractivity contribution in [3.05, 3.63) is 59.0 Å². The van der Waals surface area contributed by atoms with Crippen LogP contribution < -0.4 is 5.32 Å². The van der Waals surface area contributed by atoms with Crippen molar-refractivity contribution in [3.63, 3.8) is 0 Å². The number of halogens is 1. The molecule has 5 nitrogen and oxygen atoms in total. The Morgan fingerprint density at radius 1 is 1.05 bits per heavy atom. The Balaban J connectivity index is 1.80. The first-order valence-corrected chi connectivity index (χ1v) is 6.93. The van der Waals surface area contributed by atoms with Gasteiger partial charge >= 0.3 is 0 Å². The van der Waals surface area contributed by atoms with Gasteiger partial charge in [0, 0.05) is 11.8 Å². The Kier molecular flexibility index (Phi) is 3.73. The lowest BCUT2D eigenvalue weighted by Crippen LogP contribution is -2.02. The maximum absolute atomic E-state index is 4.22. The molecule has 2 N–H and O–H groups in total. The SMILES string of the molecule is Brc1ncccc1NCc1n[nH]nc1-c1ccccc1. The Hall–Kier alpha value is -2.21. The topological polar surface area (TPSA) is 66.5 Å². The zero-order valence-electron chi connectivity index (χ0n) is 10.5. The number of rotatable bonds is 4. The van der Waals surface area contributed by atoms with Gasteiger partial charge in [0.05, 0.1) is 12.2 Å². The van der Waals surface area contributed by atoms with Gasteiger partial charge in [0.15, 0.2) is 0 Å². The lowest BCUT2D eigenvalue weighted by molar-refractivity contribution is 0.910. The Bertz CT molecular complexity index is 696. The van der Waals surface area contributed by atoms with Gasteiger partial charge in [-0.15, -0.1) is 0 Å². The maximum Gasteiger partial charge on any atom is 0.129 e. The van der Waals surface area contributed by atoms with Crippen molar-refractivity contribution in [2.45, 2.75) is 6.54 Å². The first-order valence-electron chi connectivity index (χ1n) is 6.14. The molecule has 0 bridgehead atoms. The summed E-state index contributed by atoms with van der Waals surface area (Å²) in [6.07, 6.45) is 1.74. The summed E-state index contributed by atoms with van der Waals surface area (Å²) < 4.78 is 0.782. The fourth-order valence-corrected chi connectivity index (χ4v) is 2.29. The first kappa shape index (κ1) is 12.8. The molecule has 0 aliphatic heterocycles. The summed E-state index contributed by atoms with van der Waals surface area (Å²) in [7, 11) is 0. The summed E-state index contributed by atoms with van der Waals surface area (Å²) >= 11 is 3.41. The average molecular weight is 330 g/mol. The molecule has 0 saturated carbocycles. The maximum atomic E-state index is 4.22. The standard InChI is InChI=1S/C14H12BrN5/c15-14-11(7-4-8-16-14)17-9-12-13(19-20-18-12)10-5-2-1-3-6-10/h1-8,17H,9H2,(H,18,19,20). The largest absolute Gasteiger partial charge is 0.377 e. The van der Waals surface area contributed by atoms with E-state index in [0.29, 0.717) is 6.54 Å². The van der Waals surface area contributed by atoms with E-state index in [2.05, 4.69) is 41.6 Å². The van der Waals surface area contributed by atoms with Crippen molar-refractivity contribution in [1.82, 2.24) is 20.4 Å². The van der Waals surface area contributed by atoms with Crippen LogP contribution in [0.25, 0.3) is 11.3 Å². The lowest BCUT2D eigenvalue weighted by Gasteiger charge is -2.06. The number of pyridine rings is 1. The van der Waals surface area contributed by atoms with Crippen LogP contribution in [0, 0.1) is 0 Å². The van der Waals surface area contributed by atoms with E-state index in [1.807, 2.05) is 42.5 Å². The molecule has 2 heterocycles. The number of aromatic amines is 1. The van der Waals surface area contributed by atoms with Crippen LogP contribution in [0.2, 0.25) is 0 Å². The molecule has 20 heavy (non-hydrogen) atoms. The highest BCUT2D eigenvalue weighted by atomic mass is 79.9. The minimum Gasteiger partial charge on any atom is -0.377 e. The number of benzene rings is 1. The van der Waals surface area contributed by atoms with Crippen LogP contribution in [0.15, 0.2) is 53.3 Å². The van der Waals surface area contributed by atoms with E-state index in [9.17, 15) is 0 Å². The first-order chi connectivity index (χ1) is 9.84. The third-order valence-corrected chi connectivity index (χ3v) is 3.50. The molecule has 0 fully saturated rings. The molecule has 0 amide bonds. The molecular formula is C14H12BrN5. The van der Waals surface area contributed by atoms with E-state index in [4.69, 9.17) is 0 Å². The summed E-state index contributed by atoms with van der Waals surface area (Å²) in [5, 5.41) is 14.4. The van der Waals surface area contributed by atoms with E-state index in [1.165, 1.54) is 0 Å². The summed E-state index contributed by atoms with van der Waals surface area (Å²) in [6.45, 7) is 0.574. The van der Waals surface area contributed by atoms with Gasteiger partial charge < -0.3 is 5.32 Å². The quantitative estimate of drug-likeness (QED) is 0.721. The fraction of sp³-hybridized carbons (Fsp3) is 0.0714. The molecule has 0 atom stereocenters. The van der Waals surface area contributed by atoms with E-state index in [1.54, 1.807) is 6.20 Å². The van der Waals surface area contributed by atoms with Gasteiger partial charge in [0.1, 0.15) is 16.0 Å². The second-order valence-electron chi connectivity index (χ2n) is 4.18. The van der Waals surface area contributed by atoms with Gasteiger partial charge in [-0.3, -0.25) is 0 Å². The van der Waals surface area contributed by atoms with Crippen molar-refractivity contribution in [2.24, 2.45) is 0 Å². The molecule has 100 valence electrons. The van der Waals surface area contributed by atoms with Gasteiger partial charge in [0.25, 0.3) is 0 Å². The smallest absolute Gasteiger partial charge is 0.129 e.